The van der Waals surface area contributed by atoms with Crippen molar-refractivity contribution < 1.29 is 9.13 Å². The molecule has 1 aliphatic heterocycles. The summed E-state index contributed by atoms with van der Waals surface area (Å²) in [6, 6.07) is 0. The summed E-state index contributed by atoms with van der Waals surface area (Å²) < 4.78 is 15.5. The quantitative estimate of drug-likeness (QED) is 0.387. The molecule has 0 aromatic carbocycles. The van der Waals surface area contributed by atoms with E-state index >= 15 is 0 Å². The van der Waals surface area contributed by atoms with E-state index in [0.29, 0.717) is 0 Å². The average Bonchev–Trinajstić information content (AvgIpc) is 1.79. The summed E-state index contributed by atoms with van der Waals surface area (Å²) >= 11 is 0. The van der Waals surface area contributed by atoms with Crippen LogP contribution in [0.25, 0.3) is 0 Å². The normalized spacial score (nSPS) is 49.2. The Bertz CT molecular complexity index is 40.2. The van der Waals surface area contributed by atoms with E-state index < -0.39 is 6.36 Å². The van der Waals surface area contributed by atoms with Crippen LogP contribution < -0.4 is 0 Å². The lowest BCUT2D eigenvalue weighted by atomic mass is 10.6. The van der Waals surface area contributed by atoms with Crippen LogP contribution >= 0.6 is 0 Å². The molecule has 1 saturated heterocycles. The van der Waals surface area contributed by atoms with E-state index in [1.54, 1.807) is 6.92 Å². The van der Waals surface area contributed by atoms with Gasteiger partial charge in [-0.1, -0.05) is 0 Å². The Morgan fingerprint density at radius 3 is 2.00 bits per heavy atom. The van der Waals surface area contributed by atoms with Crippen LogP contribution in [-0.2, 0) is 4.74 Å². The molecule has 1 nitrogen and oxygen atoms in total. The number of ether oxygens (including phenoxy) is 1. The minimum Gasteiger partial charge on any atom is -0.337 e. The third-order valence-electron chi connectivity index (χ3n) is 0.637. The fourth-order valence-corrected chi connectivity index (χ4v) is 0.160. The lowest BCUT2D eigenvalue weighted by Crippen LogP contribution is -1.71. The van der Waals surface area contributed by atoms with Crippen molar-refractivity contribution in [2.45, 2.75) is 19.4 Å². The number of epoxide rings is 1. The van der Waals surface area contributed by atoms with Crippen LogP contribution in [0.4, 0.5) is 4.39 Å². The Balaban J connectivity index is 2.20. The van der Waals surface area contributed by atoms with E-state index in [2.05, 4.69) is 4.74 Å². The van der Waals surface area contributed by atoms with Gasteiger partial charge in [0.2, 0.25) is 6.36 Å². The van der Waals surface area contributed by atoms with Crippen molar-refractivity contribution in [3.05, 3.63) is 0 Å². The van der Waals surface area contributed by atoms with Crippen LogP contribution in [0.3, 0.4) is 0 Å². The molecule has 0 aromatic heterocycles. The van der Waals surface area contributed by atoms with Gasteiger partial charge in [-0.15, -0.1) is 0 Å². The first-order valence-electron chi connectivity index (χ1n) is 1.60. The van der Waals surface area contributed by atoms with Gasteiger partial charge < -0.3 is 4.74 Å². The molecule has 0 radical (unpaired) electrons. The first-order valence-corrected chi connectivity index (χ1v) is 1.60. The van der Waals surface area contributed by atoms with E-state index in [1.807, 2.05) is 0 Å². The summed E-state index contributed by atoms with van der Waals surface area (Å²) in [5.41, 5.74) is 0. The Morgan fingerprint density at radius 2 is 2.00 bits per heavy atom. The standard InChI is InChI=1S/C3H5FO/c1-2-3(4)5-2/h2-3H,1H3/t2-,3-/m0/s1. The minimum absolute atomic E-state index is 0.116. The van der Waals surface area contributed by atoms with Crippen LogP contribution in [0.1, 0.15) is 6.92 Å². The third kappa shape index (κ3) is 0.401. The molecule has 2 heteroatoms. The highest BCUT2D eigenvalue weighted by Gasteiger charge is 2.33. The maximum absolute atomic E-state index is 11.3. The van der Waals surface area contributed by atoms with Gasteiger partial charge in [0.1, 0.15) is 6.10 Å². The van der Waals surface area contributed by atoms with Crippen LogP contribution in [0.15, 0.2) is 0 Å². The van der Waals surface area contributed by atoms with Crippen LogP contribution in [0.2, 0.25) is 0 Å². The maximum Gasteiger partial charge on any atom is 0.225 e. The summed E-state index contributed by atoms with van der Waals surface area (Å²) in [5.74, 6) is 0. The fourth-order valence-electron chi connectivity index (χ4n) is 0.160. The van der Waals surface area contributed by atoms with E-state index in [4.69, 9.17) is 0 Å². The van der Waals surface area contributed by atoms with Gasteiger partial charge in [0, 0.05) is 0 Å². The van der Waals surface area contributed by atoms with E-state index in [9.17, 15) is 4.39 Å². The Hall–Kier alpha value is -0.110. The SMILES string of the molecule is C[C@@H]1O[C@@H]1F. The van der Waals surface area contributed by atoms with Crippen molar-refractivity contribution in [3.8, 4) is 0 Å². The van der Waals surface area contributed by atoms with Gasteiger partial charge in [-0.3, -0.25) is 0 Å². The molecule has 0 N–H and O–H groups in total. The molecule has 1 aliphatic rings. The van der Waals surface area contributed by atoms with Gasteiger partial charge in [-0.25, -0.2) is 4.39 Å². The molecular weight excluding hydrogens is 71.0 g/mol. The van der Waals surface area contributed by atoms with E-state index in [-0.39, 0.29) is 6.10 Å². The summed E-state index contributed by atoms with van der Waals surface area (Å²) in [6.07, 6.45) is -1.06. The molecule has 0 aromatic rings. The molecule has 2 atom stereocenters. The lowest BCUT2D eigenvalue weighted by Gasteiger charge is -1.54. The number of hydrogen-bond acceptors (Lipinski definition) is 1. The molecular formula is C3H5FO. The van der Waals surface area contributed by atoms with Crippen molar-refractivity contribution in [1.82, 2.24) is 0 Å². The summed E-state index contributed by atoms with van der Waals surface area (Å²) in [7, 11) is 0. The number of alkyl halides is 1. The Kier molecular flexibility index (Phi) is 0.424. The highest BCUT2D eigenvalue weighted by Crippen LogP contribution is 2.20. The van der Waals surface area contributed by atoms with Gasteiger partial charge >= 0.3 is 0 Å². The van der Waals surface area contributed by atoms with Gasteiger partial charge in [0.15, 0.2) is 0 Å². The van der Waals surface area contributed by atoms with Gasteiger partial charge in [0.25, 0.3) is 0 Å². The highest BCUT2D eigenvalue weighted by atomic mass is 19.2. The first kappa shape index (κ1) is 3.09. The molecule has 0 spiro atoms. The Morgan fingerprint density at radius 1 is 1.80 bits per heavy atom. The predicted octanol–water partition coefficient (Wildman–Crippen LogP) is 0.701. The summed E-state index contributed by atoms with van der Waals surface area (Å²) in [5, 5.41) is 0. The van der Waals surface area contributed by atoms with Crippen LogP contribution in [0, 0.1) is 0 Å². The molecule has 0 saturated carbocycles. The molecule has 5 heavy (non-hydrogen) atoms. The van der Waals surface area contributed by atoms with Crippen LogP contribution in [-0.4, -0.2) is 12.5 Å². The third-order valence-corrected chi connectivity index (χ3v) is 0.637. The highest BCUT2D eigenvalue weighted by molar-refractivity contribution is 4.67. The van der Waals surface area contributed by atoms with Crippen molar-refractivity contribution in [2.24, 2.45) is 0 Å². The van der Waals surface area contributed by atoms with Crippen molar-refractivity contribution >= 4 is 0 Å². The monoisotopic (exact) mass is 76.0 g/mol. The second-order valence-corrected chi connectivity index (χ2v) is 1.19. The minimum atomic E-state index is -0.949. The second-order valence-electron chi connectivity index (χ2n) is 1.19. The topological polar surface area (TPSA) is 12.5 Å². The second kappa shape index (κ2) is 0.684. The molecule has 1 rings (SSSR count). The van der Waals surface area contributed by atoms with Crippen LogP contribution in [0.5, 0.6) is 0 Å². The zero-order valence-corrected chi connectivity index (χ0v) is 2.94. The molecule has 0 amide bonds. The lowest BCUT2D eigenvalue weighted by molar-refractivity contribution is 0.266. The van der Waals surface area contributed by atoms with Crippen molar-refractivity contribution in [2.75, 3.05) is 0 Å². The van der Waals surface area contributed by atoms with E-state index in [1.165, 1.54) is 0 Å². The zero-order valence-electron chi connectivity index (χ0n) is 2.94. The fraction of sp³-hybridized carbons (Fsp3) is 1.00. The first-order chi connectivity index (χ1) is 2.30. The summed E-state index contributed by atoms with van der Waals surface area (Å²) in [4.78, 5) is 0. The van der Waals surface area contributed by atoms with Crippen molar-refractivity contribution in [3.63, 3.8) is 0 Å². The molecule has 0 unspecified atom stereocenters. The largest absolute Gasteiger partial charge is 0.337 e. The zero-order chi connectivity index (χ0) is 3.86. The molecule has 0 aliphatic carbocycles. The molecule has 0 bridgehead atoms. The average molecular weight is 76.1 g/mol. The number of hydrogen-bond donors (Lipinski definition) is 0. The number of halogens is 1. The maximum atomic E-state index is 11.3. The smallest absolute Gasteiger partial charge is 0.225 e. The van der Waals surface area contributed by atoms with Gasteiger partial charge in [-0.2, -0.15) is 0 Å². The van der Waals surface area contributed by atoms with E-state index in [0.717, 1.165) is 0 Å². The number of rotatable bonds is 0. The van der Waals surface area contributed by atoms with Crippen molar-refractivity contribution in [1.29, 1.82) is 0 Å². The molecule has 30 valence electrons. The van der Waals surface area contributed by atoms with Gasteiger partial charge in [-0.05, 0) is 6.92 Å². The predicted molar refractivity (Wildman–Crippen MR) is 15.4 cm³/mol. The molecule has 1 fully saturated rings. The molecule has 1 heterocycles. The van der Waals surface area contributed by atoms with Gasteiger partial charge in [0.05, 0.1) is 0 Å². The summed E-state index contributed by atoms with van der Waals surface area (Å²) in [6.45, 7) is 1.70. The Labute approximate surface area is 29.7 Å².